The topological polar surface area (TPSA) is 98.1 Å². The van der Waals surface area contributed by atoms with Gasteiger partial charge in [0.25, 0.3) is 0 Å². The van der Waals surface area contributed by atoms with Crippen LogP contribution in [0.3, 0.4) is 0 Å². The molecule has 0 spiro atoms. The molecule has 1 aliphatic rings. The average molecular weight is 331 g/mol. The standard InChI is InChI=1S/C15H21N7O2/c1-9(2)11-7-24-15(23)22(11)12-5-6-16-14(19-12)18-10(3)13-20-17-8-21(13)4/h5-6,8-11H,7H2,1-4H3,(H,16,18,19)/t10?,11-/m1/s1. The Bertz CT molecular complexity index is 730. The first-order valence-electron chi connectivity index (χ1n) is 7.87. The van der Waals surface area contributed by atoms with E-state index in [0.29, 0.717) is 18.4 Å². The summed E-state index contributed by atoms with van der Waals surface area (Å²) in [4.78, 5) is 22.3. The average Bonchev–Trinajstić information content (AvgIpc) is 3.13. The van der Waals surface area contributed by atoms with Gasteiger partial charge in [0.15, 0.2) is 5.82 Å². The minimum absolute atomic E-state index is 0.0311. The molecule has 0 saturated carbocycles. The fraction of sp³-hybridized carbons (Fsp3) is 0.533. The lowest BCUT2D eigenvalue weighted by molar-refractivity contribution is 0.177. The number of rotatable bonds is 5. The summed E-state index contributed by atoms with van der Waals surface area (Å²) in [7, 11) is 1.87. The lowest BCUT2D eigenvalue weighted by atomic mass is 10.0. The van der Waals surface area contributed by atoms with Gasteiger partial charge in [-0.1, -0.05) is 13.8 Å². The third kappa shape index (κ3) is 3.01. The highest BCUT2D eigenvalue weighted by molar-refractivity contribution is 5.89. The summed E-state index contributed by atoms with van der Waals surface area (Å²) < 4.78 is 7.00. The van der Waals surface area contributed by atoms with Crippen LogP contribution in [0.2, 0.25) is 0 Å². The predicted octanol–water partition coefficient (Wildman–Crippen LogP) is 1.76. The number of nitrogens with zero attached hydrogens (tertiary/aromatic N) is 6. The first-order valence-corrected chi connectivity index (χ1v) is 7.87. The van der Waals surface area contributed by atoms with Crippen molar-refractivity contribution in [2.24, 2.45) is 13.0 Å². The van der Waals surface area contributed by atoms with E-state index in [2.05, 4.69) is 39.3 Å². The van der Waals surface area contributed by atoms with Crippen molar-refractivity contribution in [2.45, 2.75) is 32.9 Å². The van der Waals surface area contributed by atoms with Gasteiger partial charge in [0.2, 0.25) is 5.95 Å². The van der Waals surface area contributed by atoms with Crippen LogP contribution in [0.4, 0.5) is 16.6 Å². The fourth-order valence-corrected chi connectivity index (χ4v) is 2.69. The van der Waals surface area contributed by atoms with Crippen molar-refractivity contribution in [3.8, 4) is 0 Å². The van der Waals surface area contributed by atoms with Crippen LogP contribution in [0.1, 0.15) is 32.6 Å². The molecule has 1 saturated heterocycles. The second-order valence-electron chi connectivity index (χ2n) is 6.16. The molecule has 24 heavy (non-hydrogen) atoms. The summed E-state index contributed by atoms with van der Waals surface area (Å²) in [5.74, 6) is 1.98. The molecule has 1 unspecified atom stereocenters. The largest absolute Gasteiger partial charge is 0.447 e. The van der Waals surface area contributed by atoms with Gasteiger partial charge in [-0.25, -0.2) is 9.78 Å². The minimum atomic E-state index is -0.375. The molecule has 3 rings (SSSR count). The number of hydrogen-bond donors (Lipinski definition) is 1. The van der Waals surface area contributed by atoms with Gasteiger partial charge in [0.1, 0.15) is 18.8 Å². The van der Waals surface area contributed by atoms with E-state index >= 15 is 0 Å². The summed E-state index contributed by atoms with van der Waals surface area (Å²) in [5.41, 5.74) is 0. The van der Waals surface area contributed by atoms with Crippen LogP contribution >= 0.6 is 0 Å². The van der Waals surface area contributed by atoms with Crippen molar-refractivity contribution in [1.82, 2.24) is 24.7 Å². The molecular weight excluding hydrogens is 310 g/mol. The Labute approximate surface area is 140 Å². The van der Waals surface area contributed by atoms with E-state index in [-0.39, 0.29) is 24.1 Å². The SMILES string of the molecule is CC(Nc1nccc(N2C(=O)OC[C@@H]2C(C)C)n1)c1nncn1C. The van der Waals surface area contributed by atoms with Crippen molar-refractivity contribution in [2.75, 3.05) is 16.8 Å². The van der Waals surface area contributed by atoms with Crippen molar-refractivity contribution in [1.29, 1.82) is 0 Å². The van der Waals surface area contributed by atoms with E-state index < -0.39 is 0 Å². The summed E-state index contributed by atoms with van der Waals surface area (Å²) in [5, 5.41) is 11.1. The molecule has 1 aliphatic heterocycles. The van der Waals surface area contributed by atoms with Crippen molar-refractivity contribution >= 4 is 17.9 Å². The summed E-state index contributed by atoms with van der Waals surface area (Å²) in [6.45, 7) is 6.42. The molecular formula is C15H21N7O2. The van der Waals surface area contributed by atoms with Crippen LogP contribution in [-0.4, -0.2) is 43.5 Å². The molecule has 0 radical (unpaired) electrons. The molecule has 2 aromatic heterocycles. The first kappa shape index (κ1) is 16.2. The quantitative estimate of drug-likeness (QED) is 0.891. The second kappa shape index (κ2) is 6.42. The summed E-state index contributed by atoms with van der Waals surface area (Å²) >= 11 is 0. The first-order chi connectivity index (χ1) is 11.5. The van der Waals surface area contributed by atoms with Gasteiger partial charge in [0, 0.05) is 13.2 Å². The number of amides is 1. The van der Waals surface area contributed by atoms with E-state index in [0.717, 1.165) is 5.82 Å². The smallest absolute Gasteiger partial charge is 0.415 e. The third-order valence-corrected chi connectivity index (χ3v) is 4.04. The minimum Gasteiger partial charge on any atom is -0.447 e. The molecule has 0 bridgehead atoms. The molecule has 9 nitrogen and oxygen atoms in total. The van der Waals surface area contributed by atoms with Gasteiger partial charge in [0.05, 0.1) is 12.1 Å². The van der Waals surface area contributed by atoms with E-state index in [9.17, 15) is 4.79 Å². The number of anilines is 2. The monoisotopic (exact) mass is 331 g/mol. The predicted molar refractivity (Wildman–Crippen MR) is 87.5 cm³/mol. The zero-order valence-electron chi connectivity index (χ0n) is 14.2. The Morgan fingerprint density at radius 3 is 2.83 bits per heavy atom. The van der Waals surface area contributed by atoms with Gasteiger partial charge in [-0.15, -0.1) is 10.2 Å². The van der Waals surface area contributed by atoms with Crippen molar-refractivity contribution in [3.63, 3.8) is 0 Å². The number of cyclic esters (lactones) is 1. The Morgan fingerprint density at radius 2 is 2.17 bits per heavy atom. The second-order valence-corrected chi connectivity index (χ2v) is 6.16. The highest BCUT2D eigenvalue weighted by Crippen LogP contribution is 2.26. The zero-order valence-corrected chi connectivity index (χ0v) is 14.2. The Hall–Kier alpha value is -2.71. The summed E-state index contributed by atoms with van der Waals surface area (Å²) in [6.07, 6.45) is 2.88. The van der Waals surface area contributed by atoms with Crippen molar-refractivity contribution in [3.05, 3.63) is 24.4 Å². The maximum atomic E-state index is 12.1. The number of aromatic nitrogens is 5. The highest BCUT2D eigenvalue weighted by Gasteiger charge is 2.37. The Balaban J connectivity index is 1.81. The Kier molecular flexibility index (Phi) is 4.32. The molecule has 9 heteroatoms. The molecule has 2 atom stereocenters. The summed E-state index contributed by atoms with van der Waals surface area (Å²) in [6, 6.07) is 1.55. The normalized spacial score (nSPS) is 18.8. The molecule has 128 valence electrons. The van der Waals surface area contributed by atoms with Crippen LogP contribution < -0.4 is 10.2 Å². The molecule has 0 aliphatic carbocycles. The van der Waals surface area contributed by atoms with Gasteiger partial charge in [-0.2, -0.15) is 4.98 Å². The number of aryl methyl sites for hydroxylation is 1. The van der Waals surface area contributed by atoms with E-state index in [1.54, 1.807) is 23.5 Å². The molecule has 0 aromatic carbocycles. The number of carbonyl (C=O) groups is 1. The van der Waals surface area contributed by atoms with Gasteiger partial charge >= 0.3 is 6.09 Å². The van der Waals surface area contributed by atoms with E-state index in [1.807, 2.05) is 18.5 Å². The van der Waals surface area contributed by atoms with Crippen LogP contribution in [-0.2, 0) is 11.8 Å². The fourth-order valence-electron chi connectivity index (χ4n) is 2.69. The van der Waals surface area contributed by atoms with Gasteiger partial charge < -0.3 is 14.6 Å². The van der Waals surface area contributed by atoms with Crippen LogP contribution in [0.5, 0.6) is 0 Å². The van der Waals surface area contributed by atoms with E-state index in [4.69, 9.17) is 4.74 Å². The van der Waals surface area contributed by atoms with Gasteiger partial charge in [-0.3, -0.25) is 4.90 Å². The van der Waals surface area contributed by atoms with Crippen LogP contribution in [0.25, 0.3) is 0 Å². The van der Waals surface area contributed by atoms with Crippen molar-refractivity contribution < 1.29 is 9.53 Å². The number of hydrogen-bond acceptors (Lipinski definition) is 7. The zero-order chi connectivity index (χ0) is 17.3. The number of carbonyl (C=O) groups excluding carboxylic acids is 1. The van der Waals surface area contributed by atoms with Crippen LogP contribution in [0.15, 0.2) is 18.6 Å². The molecule has 1 N–H and O–H groups in total. The third-order valence-electron chi connectivity index (χ3n) is 4.04. The van der Waals surface area contributed by atoms with Crippen LogP contribution in [0, 0.1) is 5.92 Å². The maximum absolute atomic E-state index is 12.1. The number of nitrogens with one attached hydrogen (secondary N) is 1. The lowest BCUT2D eigenvalue weighted by Crippen LogP contribution is -2.37. The lowest BCUT2D eigenvalue weighted by Gasteiger charge is -2.23. The molecule has 1 fully saturated rings. The maximum Gasteiger partial charge on any atom is 0.415 e. The highest BCUT2D eigenvalue weighted by atomic mass is 16.6. The number of ether oxygens (including phenoxy) is 1. The molecule has 1 amide bonds. The Morgan fingerprint density at radius 1 is 1.38 bits per heavy atom. The van der Waals surface area contributed by atoms with E-state index in [1.165, 1.54) is 0 Å². The molecule has 2 aromatic rings. The molecule has 3 heterocycles. The van der Waals surface area contributed by atoms with Gasteiger partial charge in [-0.05, 0) is 18.9 Å².